The lowest BCUT2D eigenvalue weighted by atomic mass is 10.1. The normalized spacial score (nSPS) is 15.5. The second-order valence-electron chi connectivity index (χ2n) is 14.6. The first kappa shape index (κ1) is 52.2. The van der Waals surface area contributed by atoms with E-state index in [-0.39, 0.29) is 25.5 Å². The Morgan fingerprint density at radius 2 is 1.11 bits per heavy atom. The average molecular weight is 786 g/mol. The maximum absolute atomic E-state index is 12.8. The van der Waals surface area contributed by atoms with Gasteiger partial charge in [0.15, 0.2) is 0 Å². The first-order valence-electron chi connectivity index (χ1n) is 20.8. The Morgan fingerprint density at radius 1 is 0.636 bits per heavy atom. The van der Waals surface area contributed by atoms with Gasteiger partial charge in [-0.3, -0.25) is 13.8 Å². The van der Waals surface area contributed by atoms with Crippen LogP contribution in [0.4, 0.5) is 0 Å². The van der Waals surface area contributed by atoms with Crippen LogP contribution < -0.4 is 5.32 Å². The highest BCUT2D eigenvalue weighted by atomic mass is 31.2. The third-order valence-electron chi connectivity index (χ3n) is 8.23. The molecule has 3 N–H and O–H groups in total. The summed E-state index contributed by atoms with van der Waals surface area (Å²) in [7, 11) is 1.49. The first-order chi connectivity index (χ1) is 26.5. The maximum Gasteiger partial charge on any atom is 0.472 e. The molecule has 0 aliphatic carbocycles. The summed E-state index contributed by atoms with van der Waals surface area (Å²) in [6, 6.07) is -0.899. The van der Waals surface area contributed by atoms with Gasteiger partial charge >= 0.3 is 7.82 Å². The fourth-order valence-corrected chi connectivity index (χ4v) is 5.66. The molecule has 0 rings (SSSR count). The molecule has 0 saturated carbocycles. The van der Waals surface area contributed by atoms with Crippen molar-refractivity contribution in [3.63, 3.8) is 0 Å². The number of hydrogen-bond donors (Lipinski definition) is 3. The zero-order chi connectivity index (χ0) is 40.7. The molecule has 0 aliphatic rings. The SMILES string of the molecule is CC/C=C\C/C=C\C/C=C\C/C=C\C/C=C\C/C=C\C/C=C\CCCC(=O)NC(COP(=O)(O)OCC[N+](C)(C)C)C(O)/C=C/CC/C=C/CCCCCC. The summed E-state index contributed by atoms with van der Waals surface area (Å²) < 4.78 is 23.4. The smallest absolute Gasteiger partial charge is 0.387 e. The lowest BCUT2D eigenvalue weighted by molar-refractivity contribution is -0.870. The Labute approximate surface area is 336 Å². The van der Waals surface area contributed by atoms with Crippen molar-refractivity contribution in [2.24, 2.45) is 0 Å². The summed E-state index contributed by atoms with van der Waals surface area (Å²) in [5, 5.41) is 13.7. The van der Waals surface area contributed by atoms with E-state index in [4.69, 9.17) is 9.05 Å². The molecule has 1 amide bonds. The van der Waals surface area contributed by atoms with Crippen LogP contribution in [0.1, 0.15) is 123 Å². The number of unbranched alkanes of at least 4 members (excludes halogenated alkanes) is 6. The molecule has 0 saturated heterocycles. The fourth-order valence-electron chi connectivity index (χ4n) is 4.92. The molecule has 55 heavy (non-hydrogen) atoms. The van der Waals surface area contributed by atoms with Crippen molar-refractivity contribution in [1.82, 2.24) is 5.32 Å². The molecule has 0 aromatic rings. The summed E-state index contributed by atoms with van der Waals surface area (Å²) in [4.78, 5) is 23.0. The molecule has 312 valence electrons. The number of amides is 1. The third kappa shape index (κ3) is 39.2. The number of allylic oxidation sites excluding steroid dienone is 17. The molecule has 0 heterocycles. The van der Waals surface area contributed by atoms with Gasteiger partial charge in [0.05, 0.1) is 39.9 Å². The third-order valence-corrected chi connectivity index (χ3v) is 9.21. The number of nitrogens with one attached hydrogen (secondary N) is 1. The van der Waals surface area contributed by atoms with Crippen molar-refractivity contribution in [2.75, 3.05) is 40.9 Å². The fraction of sp³-hybridized carbons (Fsp3) is 0.587. The van der Waals surface area contributed by atoms with Crippen LogP contribution in [0.15, 0.2) is 109 Å². The van der Waals surface area contributed by atoms with Gasteiger partial charge in [0.1, 0.15) is 13.2 Å². The van der Waals surface area contributed by atoms with Crippen molar-refractivity contribution >= 4 is 13.7 Å². The van der Waals surface area contributed by atoms with Gasteiger partial charge < -0.3 is 19.8 Å². The second kappa shape index (κ2) is 36.8. The molecular weight excluding hydrogens is 707 g/mol. The van der Waals surface area contributed by atoms with E-state index in [1.807, 2.05) is 27.2 Å². The summed E-state index contributed by atoms with van der Waals surface area (Å²) >= 11 is 0. The minimum absolute atomic E-state index is 0.0382. The van der Waals surface area contributed by atoms with Gasteiger partial charge in [-0.15, -0.1) is 0 Å². The molecule has 8 nitrogen and oxygen atoms in total. The van der Waals surface area contributed by atoms with Crippen molar-refractivity contribution < 1.29 is 32.9 Å². The zero-order valence-corrected chi connectivity index (χ0v) is 36.0. The number of aliphatic hydroxyl groups excluding tert-OH is 1. The Kier molecular flexibility index (Phi) is 34.9. The molecule has 0 aliphatic heterocycles. The minimum atomic E-state index is -4.36. The zero-order valence-electron chi connectivity index (χ0n) is 35.1. The lowest BCUT2D eigenvalue weighted by Gasteiger charge is -2.25. The number of carbonyl (C=O) groups excluding carboxylic acids is 1. The Morgan fingerprint density at radius 3 is 1.64 bits per heavy atom. The second-order valence-corrected chi connectivity index (χ2v) is 16.1. The largest absolute Gasteiger partial charge is 0.472 e. The monoisotopic (exact) mass is 786 g/mol. The van der Waals surface area contributed by atoms with Crippen LogP contribution in [-0.2, 0) is 18.4 Å². The molecule has 3 atom stereocenters. The number of hydrogen-bond acceptors (Lipinski definition) is 5. The standard InChI is InChI=1S/C46H77N2O6P/c1-6-8-10-12-14-16-18-19-20-21-22-23-24-25-26-27-28-29-30-32-34-36-38-40-46(50)47-44(43-54-55(51,52)53-42-41-48(3,4)5)45(49)39-37-35-33-31-17-15-13-11-9-7-2/h8,10,14,16-17,19-20,22-23,25-26,28-29,31-32,34,37,39,44-45,49H,6-7,9,11-13,15,18,21,24,27,30,33,35-36,38,40-43H2,1-5H3,(H-,47,50,51,52)/p+1/b10-8-,16-14-,20-19-,23-22-,26-25-,29-28-,31-17+,34-32-,39-37+. The lowest BCUT2D eigenvalue weighted by Crippen LogP contribution is -2.45. The van der Waals surface area contributed by atoms with E-state index in [9.17, 15) is 19.4 Å². The van der Waals surface area contributed by atoms with Gasteiger partial charge in [0.25, 0.3) is 0 Å². The van der Waals surface area contributed by atoms with E-state index in [0.717, 1.165) is 70.6 Å². The quantitative estimate of drug-likeness (QED) is 0.0256. The number of rotatable bonds is 35. The molecule has 0 aromatic carbocycles. The highest BCUT2D eigenvalue weighted by Crippen LogP contribution is 2.43. The van der Waals surface area contributed by atoms with E-state index >= 15 is 0 Å². The number of aliphatic hydroxyl groups is 1. The van der Waals surface area contributed by atoms with Gasteiger partial charge in [-0.2, -0.15) is 0 Å². The van der Waals surface area contributed by atoms with Crippen molar-refractivity contribution in [3.8, 4) is 0 Å². The van der Waals surface area contributed by atoms with Gasteiger partial charge in [-0.25, -0.2) is 4.57 Å². The van der Waals surface area contributed by atoms with Gasteiger partial charge in [0, 0.05) is 6.42 Å². The number of likely N-dealkylation sites (N-methyl/N-ethyl adjacent to an activating group) is 1. The highest BCUT2D eigenvalue weighted by Gasteiger charge is 2.27. The van der Waals surface area contributed by atoms with Crippen LogP contribution in [0.25, 0.3) is 0 Å². The van der Waals surface area contributed by atoms with Crippen LogP contribution >= 0.6 is 7.82 Å². The number of phosphoric acid groups is 1. The van der Waals surface area contributed by atoms with Crippen LogP contribution in [0, 0.1) is 0 Å². The van der Waals surface area contributed by atoms with E-state index < -0.39 is 20.0 Å². The molecule has 0 fully saturated rings. The van der Waals surface area contributed by atoms with E-state index in [1.54, 1.807) is 6.08 Å². The van der Waals surface area contributed by atoms with Crippen molar-refractivity contribution in [3.05, 3.63) is 109 Å². The van der Waals surface area contributed by atoms with Crippen molar-refractivity contribution in [2.45, 2.75) is 135 Å². The molecule has 0 aromatic heterocycles. The summed E-state index contributed by atoms with van der Waals surface area (Å²) in [5.41, 5.74) is 0. The minimum Gasteiger partial charge on any atom is -0.387 e. The molecule has 0 radical (unpaired) electrons. The first-order valence-corrected chi connectivity index (χ1v) is 22.3. The van der Waals surface area contributed by atoms with Gasteiger partial charge in [0.2, 0.25) is 5.91 Å². The van der Waals surface area contributed by atoms with E-state index in [1.165, 1.54) is 25.7 Å². The Balaban J connectivity index is 4.55. The van der Waals surface area contributed by atoms with Crippen LogP contribution in [0.2, 0.25) is 0 Å². The predicted octanol–water partition coefficient (Wildman–Crippen LogP) is 11.3. The summed E-state index contributed by atoms with van der Waals surface area (Å²) in [5.74, 6) is -0.254. The van der Waals surface area contributed by atoms with E-state index in [0.29, 0.717) is 17.4 Å². The highest BCUT2D eigenvalue weighted by molar-refractivity contribution is 7.47. The Bertz CT molecular complexity index is 1260. The number of phosphoric ester groups is 1. The van der Waals surface area contributed by atoms with Gasteiger partial charge in [-0.1, -0.05) is 142 Å². The summed E-state index contributed by atoms with van der Waals surface area (Å²) in [6.45, 7) is 4.55. The topological polar surface area (TPSA) is 105 Å². The van der Waals surface area contributed by atoms with Crippen LogP contribution in [-0.4, -0.2) is 73.4 Å². The van der Waals surface area contributed by atoms with Crippen molar-refractivity contribution in [1.29, 1.82) is 0 Å². The number of nitrogens with zero attached hydrogens (tertiary/aromatic N) is 1. The molecule has 0 spiro atoms. The molecule has 0 bridgehead atoms. The number of quaternary nitrogens is 1. The predicted molar refractivity (Wildman–Crippen MR) is 235 cm³/mol. The molecule has 3 unspecified atom stereocenters. The number of carbonyl (C=O) groups is 1. The van der Waals surface area contributed by atoms with Crippen LogP contribution in [0.3, 0.4) is 0 Å². The average Bonchev–Trinajstić information content (AvgIpc) is 3.13. The molecule has 9 heteroatoms. The van der Waals surface area contributed by atoms with Gasteiger partial charge in [-0.05, 0) is 83.5 Å². The van der Waals surface area contributed by atoms with E-state index in [2.05, 4.69) is 116 Å². The Hall–Kier alpha value is -2.84. The van der Waals surface area contributed by atoms with Crippen LogP contribution in [0.5, 0.6) is 0 Å². The summed E-state index contributed by atoms with van der Waals surface area (Å²) in [6.07, 6.45) is 53.2. The molecular formula is C46H78N2O6P+. The maximum atomic E-state index is 12.8.